The second-order valence-corrected chi connectivity index (χ2v) is 12.5. The van der Waals surface area contributed by atoms with Crippen molar-refractivity contribution in [1.29, 1.82) is 0 Å². The zero-order valence-electron chi connectivity index (χ0n) is 21.9. The normalized spacial score (nSPS) is 17.6. The van der Waals surface area contributed by atoms with Crippen molar-refractivity contribution in [2.45, 2.75) is 57.1 Å². The molecule has 38 heavy (non-hydrogen) atoms. The van der Waals surface area contributed by atoms with Gasteiger partial charge >= 0.3 is 5.97 Å². The molecule has 1 amide bonds. The van der Waals surface area contributed by atoms with Crippen LogP contribution in [0.25, 0.3) is 0 Å². The van der Waals surface area contributed by atoms with E-state index in [2.05, 4.69) is 5.32 Å². The lowest BCUT2D eigenvalue weighted by atomic mass is 9.90. The van der Waals surface area contributed by atoms with E-state index in [9.17, 15) is 23.1 Å². The van der Waals surface area contributed by atoms with Crippen molar-refractivity contribution in [3.8, 4) is 5.75 Å². The van der Waals surface area contributed by atoms with Gasteiger partial charge in [0.05, 0.1) is 17.8 Å². The van der Waals surface area contributed by atoms with Gasteiger partial charge in [0.2, 0.25) is 10.0 Å². The molecular formula is C28H32N2O6S2. The smallest absolute Gasteiger partial charge is 0.304 e. The molecule has 2 atom stereocenters. The Bertz CT molecular complexity index is 1460. The van der Waals surface area contributed by atoms with E-state index in [1.165, 1.54) is 15.6 Å². The Morgan fingerprint density at radius 2 is 1.89 bits per heavy atom. The molecule has 2 N–H and O–H groups in total. The lowest BCUT2D eigenvalue weighted by Gasteiger charge is -2.24. The summed E-state index contributed by atoms with van der Waals surface area (Å²) in [7, 11) is -2.27. The van der Waals surface area contributed by atoms with E-state index in [-0.39, 0.29) is 36.4 Å². The highest BCUT2D eigenvalue weighted by Gasteiger charge is 2.34. The Morgan fingerprint density at radius 1 is 1.16 bits per heavy atom. The van der Waals surface area contributed by atoms with Gasteiger partial charge in [0.25, 0.3) is 5.91 Å². The number of aryl methyl sites for hydroxylation is 2. The molecule has 3 aromatic rings. The van der Waals surface area contributed by atoms with Gasteiger partial charge in [-0.05, 0) is 60.7 Å². The molecule has 1 unspecified atom stereocenters. The number of nitrogens with one attached hydrogen (secondary N) is 1. The van der Waals surface area contributed by atoms with Crippen molar-refractivity contribution in [3.05, 3.63) is 80.5 Å². The lowest BCUT2D eigenvalue weighted by Crippen LogP contribution is -2.36. The monoisotopic (exact) mass is 556 g/mol. The van der Waals surface area contributed by atoms with E-state index in [4.69, 9.17) is 4.74 Å². The zero-order chi connectivity index (χ0) is 27.6. The fourth-order valence-corrected chi connectivity index (χ4v) is 7.51. The van der Waals surface area contributed by atoms with Gasteiger partial charge in [-0.15, -0.1) is 11.3 Å². The van der Waals surface area contributed by atoms with Crippen LogP contribution in [0, 0.1) is 13.8 Å². The molecule has 4 rings (SSSR count). The number of carboxylic acids is 1. The summed E-state index contributed by atoms with van der Waals surface area (Å²) < 4.78 is 34.8. The molecule has 0 spiro atoms. The summed E-state index contributed by atoms with van der Waals surface area (Å²) in [4.78, 5) is 25.5. The standard InChI is InChI=1S/C28H32N2O6S2/c1-5-21-16-30(38(34,35)25-9-7-6-8-23(25)36-21)15-20-13-19(11-10-17(20)2)22(14-26(31)32)27-18(3)12-24(37-27)28(33)29-4/h6-13,21-22H,5,14-16H2,1-4H3,(H,29,33)(H,31,32)/t21-,22?/m1/s1. The molecule has 0 saturated carbocycles. The average Bonchev–Trinajstić information content (AvgIpc) is 3.23. The fraction of sp³-hybridized carbons (Fsp3) is 0.357. The van der Waals surface area contributed by atoms with Gasteiger partial charge in [-0.25, -0.2) is 8.42 Å². The molecule has 202 valence electrons. The summed E-state index contributed by atoms with van der Waals surface area (Å²) in [5, 5.41) is 12.3. The van der Waals surface area contributed by atoms with E-state index >= 15 is 0 Å². The second-order valence-electron chi connectivity index (χ2n) is 9.47. The van der Waals surface area contributed by atoms with Crippen molar-refractivity contribution in [2.24, 2.45) is 0 Å². The van der Waals surface area contributed by atoms with Crippen LogP contribution in [0.5, 0.6) is 5.75 Å². The number of nitrogens with zero attached hydrogens (tertiary/aromatic N) is 1. The van der Waals surface area contributed by atoms with Crippen LogP contribution in [0.3, 0.4) is 0 Å². The van der Waals surface area contributed by atoms with Crippen molar-refractivity contribution in [2.75, 3.05) is 13.6 Å². The molecule has 8 nitrogen and oxygen atoms in total. The summed E-state index contributed by atoms with van der Waals surface area (Å²) in [6.45, 7) is 6.08. The number of carbonyl (C=O) groups is 2. The summed E-state index contributed by atoms with van der Waals surface area (Å²) in [6.07, 6.45) is 0.192. The summed E-state index contributed by atoms with van der Waals surface area (Å²) in [5.41, 5.74) is 3.30. The first-order chi connectivity index (χ1) is 18.0. The number of fused-ring (bicyclic) bond motifs is 1. The third kappa shape index (κ3) is 5.62. The third-order valence-corrected chi connectivity index (χ3v) is 10.0. The Morgan fingerprint density at radius 3 is 2.58 bits per heavy atom. The minimum Gasteiger partial charge on any atom is -0.488 e. The number of hydrogen-bond donors (Lipinski definition) is 2. The van der Waals surface area contributed by atoms with Gasteiger partial charge in [0.1, 0.15) is 16.7 Å². The zero-order valence-corrected chi connectivity index (χ0v) is 23.5. The minimum atomic E-state index is -3.83. The topological polar surface area (TPSA) is 113 Å². The van der Waals surface area contributed by atoms with Gasteiger partial charge in [-0.1, -0.05) is 37.3 Å². The second kappa shape index (κ2) is 11.3. The van der Waals surface area contributed by atoms with Crippen molar-refractivity contribution in [1.82, 2.24) is 9.62 Å². The lowest BCUT2D eigenvalue weighted by molar-refractivity contribution is -0.137. The molecule has 0 aliphatic carbocycles. The predicted molar refractivity (Wildman–Crippen MR) is 146 cm³/mol. The molecule has 1 aliphatic heterocycles. The first-order valence-electron chi connectivity index (χ1n) is 12.4. The maximum Gasteiger partial charge on any atom is 0.304 e. The molecule has 0 fully saturated rings. The number of thiophene rings is 1. The Hall–Kier alpha value is -3.21. The number of benzene rings is 2. The van der Waals surface area contributed by atoms with Crippen LogP contribution in [-0.4, -0.2) is 49.4 Å². The number of rotatable bonds is 8. The van der Waals surface area contributed by atoms with E-state index in [0.29, 0.717) is 17.0 Å². The number of sulfonamides is 1. The molecular weight excluding hydrogens is 524 g/mol. The van der Waals surface area contributed by atoms with E-state index < -0.39 is 21.9 Å². The number of para-hydroxylation sites is 1. The van der Waals surface area contributed by atoms with Crippen LogP contribution in [0.2, 0.25) is 0 Å². The largest absolute Gasteiger partial charge is 0.488 e. The van der Waals surface area contributed by atoms with E-state index in [0.717, 1.165) is 27.1 Å². The van der Waals surface area contributed by atoms with Crippen molar-refractivity contribution >= 4 is 33.2 Å². The Balaban J connectivity index is 1.74. The van der Waals surface area contributed by atoms with E-state index in [1.54, 1.807) is 37.4 Å². The van der Waals surface area contributed by atoms with Crippen molar-refractivity contribution in [3.63, 3.8) is 0 Å². The molecule has 0 radical (unpaired) electrons. The molecule has 1 aliphatic rings. The van der Waals surface area contributed by atoms with Gasteiger partial charge in [0, 0.05) is 24.4 Å². The van der Waals surface area contributed by atoms with Crippen LogP contribution in [-0.2, 0) is 21.4 Å². The number of amides is 1. The number of hydrogen-bond acceptors (Lipinski definition) is 6. The molecule has 10 heteroatoms. The van der Waals surface area contributed by atoms with Gasteiger partial charge in [0.15, 0.2) is 0 Å². The van der Waals surface area contributed by atoms with Crippen LogP contribution in [0.4, 0.5) is 0 Å². The average molecular weight is 557 g/mol. The van der Waals surface area contributed by atoms with Crippen molar-refractivity contribution < 1.29 is 27.9 Å². The maximum absolute atomic E-state index is 13.7. The number of carbonyl (C=O) groups excluding carboxylic acids is 1. The summed E-state index contributed by atoms with van der Waals surface area (Å²) in [5.74, 6) is -1.30. The first kappa shape index (κ1) is 27.8. The number of aliphatic carboxylic acids is 1. The van der Waals surface area contributed by atoms with Gasteiger partial charge < -0.3 is 15.2 Å². The molecule has 2 heterocycles. The fourth-order valence-electron chi connectivity index (χ4n) is 4.69. The number of ether oxygens (including phenoxy) is 1. The highest BCUT2D eigenvalue weighted by atomic mass is 32.2. The van der Waals surface area contributed by atoms with Crippen LogP contribution in [0.15, 0.2) is 53.4 Å². The van der Waals surface area contributed by atoms with E-state index in [1.807, 2.05) is 39.0 Å². The Labute approximate surface area is 227 Å². The minimum absolute atomic E-state index is 0.128. The highest BCUT2D eigenvalue weighted by Crippen LogP contribution is 2.38. The van der Waals surface area contributed by atoms with Gasteiger partial charge in [-0.3, -0.25) is 9.59 Å². The first-order valence-corrected chi connectivity index (χ1v) is 14.7. The summed E-state index contributed by atoms with van der Waals surface area (Å²) in [6, 6.07) is 14.1. The highest BCUT2D eigenvalue weighted by molar-refractivity contribution is 7.89. The number of carboxylic acid groups (broad SMARTS) is 1. The predicted octanol–water partition coefficient (Wildman–Crippen LogP) is 4.69. The van der Waals surface area contributed by atoms with Crippen LogP contribution < -0.4 is 10.1 Å². The summed E-state index contributed by atoms with van der Waals surface area (Å²) >= 11 is 1.28. The maximum atomic E-state index is 13.7. The third-order valence-electron chi connectivity index (χ3n) is 6.85. The molecule has 0 bridgehead atoms. The molecule has 2 aromatic carbocycles. The Kier molecular flexibility index (Phi) is 8.25. The molecule has 1 aromatic heterocycles. The quantitative estimate of drug-likeness (QED) is 0.416. The van der Waals surface area contributed by atoms with Crippen LogP contribution >= 0.6 is 11.3 Å². The molecule has 0 saturated heterocycles. The SMILES string of the molecule is CC[C@@H]1CN(Cc2cc(C(CC(=O)O)c3sc(C(=O)NC)cc3C)ccc2C)S(=O)(=O)c2ccccc2O1. The van der Waals surface area contributed by atoms with Gasteiger partial charge in [-0.2, -0.15) is 4.31 Å². The van der Waals surface area contributed by atoms with Crippen LogP contribution in [0.1, 0.15) is 62.5 Å².